The molecule has 1 fully saturated rings. The van der Waals surface area contributed by atoms with Crippen molar-refractivity contribution in [2.24, 2.45) is 0 Å². The Morgan fingerprint density at radius 3 is 2.85 bits per heavy atom. The zero-order valence-electron chi connectivity index (χ0n) is 13.6. The highest BCUT2D eigenvalue weighted by molar-refractivity contribution is 5.05. The molecule has 0 radical (unpaired) electrons. The first-order chi connectivity index (χ1) is 9.54. The van der Waals surface area contributed by atoms with Gasteiger partial charge in [0.2, 0.25) is 0 Å². The van der Waals surface area contributed by atoms with E-state index < -0.39 is 5.54 Å². The highest BCUT2D eigenvalue weighted by atomic mass is 16.5. The van der Waals surface area contributed by atoms with E-state index in [-0.39, 0.29) is 0 Å². The summed E-state index contributed by atoms with van der Waals surface area (Å²) in [6.07, 6.45) is 4.65. The van der Waals surface area contributed by atoms with Gasteiger partial charge in [-0.15, -0.1) is 0 Å². The fourth-order valence-electron chi connectivity index (χ4n) is 3.02. The minimum absolute atomic E-state index is 0.369. The van der Waals surface area contributed by atoms with Crippen LogP contribution in [0, 0.1) is 11.3 Å². The van der Waals surface area contributed by atoms with Crippen molar-refractivity contribution in [3.63, 3.8) is 0 Å². The average molecular weight is 281 g/mol. The number of nitriles is 1. The number of ether oxygens (including phenoxy) is 1. The van der Waals surface area contributed by atoms with Crippen LogP contribution in [0.1, 0.15) is 53.4 Å². The molecule has 1 heterocycles. The molecule has 1 saturated heterocycles. The van der Waals surface area contributed by atoms with Crippen LogP contribution in [0.5, 0.6) is 0 Å². The van der Waals surface area contributed by atoms with E-state index >= 15 is 0 Å². The molecule has 20 heavy (non-hydrogen) atoms. The molecule has 0 amide bonds. The number of hydrogen-bond donors (Lipinski definition) is 1. The molecule has 1 rings (SSSR count). The molecule has 0 spiro atoms. The molecule has 0 aromatic carbocycles. The molecule has 1 aliphatic heterocycles. The van der Waals surface area contributed by atoms with Gasteiger partial charge < -0.3 is 4.74 Å². The van der Waals surface area contributed by atoms with E-state index in [1.807, 2.05) is 6.92 Å². The fraction of sp³-hybridized carbons (Fsp3) is 0.938. The highest BCUT2D eigenvalue weighted by Crippen LogP contribution is 2.21. The maximum absolute atomic E-state index is 9.44. The van der Waals surface area contributed by atoms with Crippen molar-refractivity contribution in [2.75, 3.05) is 26.2 Å². The van der Waals surface area contributed by atoms with E-state index in [0.717, 1.165) is 39.1 Å². The van der Waals surface area contributed by atoms with E-state index in [2.05, 4.69) is 37.1 Å². The lowest BCUT2D eigenvalue weighted by Gasteiger charge is -2.39. The summed E-state index contributed by atoms with van der Waals surface area (Å²) in [6.45, 7) is 12.3. The molecule has 0 aromatic heterocycles. The second kappa shape index (κ2) is 8.61. The molecule has 0 bridgehead atoms. The number of nitrogens with one attached hydrogen (secondary N) is 1. The first kappa shape index (κ1) is 17.4. The second-order valence-corrected chi connectivity index (χ2v) is 6.14. The van der Waals surface area contributed by atoms with Crippen molar-refractivity contribution in [3.8, 4) is 6.07 Å². The summed E-state index contributed by atoms with van der Waals surface area (Å²) in [4.78, 5) is 2.48. The van der Waals surface area contributed by atoms with Crippen LogP contribution in [0.25, 0.3) is 0 Å². The Labute approximate surface area is 124 Å². The maximum Gasteiger partial charge on any atom is 0.105 e. The number of hydrogen-bond acceptors (Lipinski definition) is 4. The van der Waals surface area contributed by atoms with Crippen LogP contribution in [0.3, 0.4) is 0 Å². The van der Waals surface area contributed by atoms with Gasteiger partial charge in [-0.3, -0.25) is 10.2 Å². The van der Waals surface area contributed by atoms with Crippen LogP contribution in [0.2, 0.25) is 0 Å². The minimum atomic E-state index is -0.423. The van der Waals surface area contributed by atoms with Gasteiger partial charge in [0.15, 0.2) is 0 Å². The van der Waals surface area contributed by atoms with Gasteiger partial charge in [0, 0.05) is 19.2 Å². The number of nitrogens with zero attached hydrogens (tertiary/aromatic N) is 2. The van der Waals surface area contributed by atoms with Crippen molar-refractivity contribution >= 4 is 0 Å². The van der Waals surface area contributed by atoms with Gasteiger partial charge in [-0.2, -0.15) is 5.26 Å². The minimum Gasteiger partial charge on any atom is -0.377 e. The van der Waals surface area contributed by atoms with Gasteiger partial charge in [-0.25, -0.2) is 0 Å². The lowest BCUT2D eigenvalue weighted by molar-refractivity contribution is -0.00812. The normalized spacial score (nSPS) is 24.9. The van der Waals surface area contributed by atoms with Crippen LogP contribution in [0.4, 0.5) is 0 Å². The summed E-state index contributed by atoms with van der Waals surface area (Å²) >= 11 is 0. The summed E-state index contributed by atoms with van der Waals surface area (Å²) in [5.41, 5.74) is -0.423. The first-order valence-electron chi connectivity index (χ1n) is 8.06. The van der Waals surface area contributed by atoms with E-state index in [9.17, 15) is 5.26 Å². The van der Waals surface area contributed by atoms with Gasteiger partial charge in [0.1, 0.15) is 5.54 Å². The predicted molar refractivity (Wildman–Crippen MR) is 82.6 cm³/mol. The van der Waals surface area contributed by atoms with Gasteiger partial charge >= 0.3 is 0 Å². The molecule has 1 N–H and O–H groups in total. The third-order valence-corrected chi connectivity index (χ3v) is 4.15. The molecule has 3 atom stereocenters. The van der Waals surface area contributed by atoms with Gasteiger partial charge in [0.25, 0.3) is 0 Å². The van der Waals surface area contributed by atoms with Crippen LogP contribution < -0.4 is 5.32 Å². The van der Waals surface area contributed by atoms with Crippen molar-refractivity contribution in [3.05, 3.63) is 0 Å². The Morgan fingerprint density at radius 1 is 1.50 bits per heavy atom. The summed E-state index contributed by atoms with van der Waals surface area (Å²) in [6, 6.07) is 2.86. The molecule has 4 nitrogen and oxygen atoms in total. The average Bonchev–Trinajstić information content (AvgIpc) is 2.46. The molecule has 3 unspecified atom stereocenters. The quantitative estimate of drug-likeness (QED) is 0.743. The van der Waals surface area contributed by atoms with Gasteiger partial charge in [-0.05, 0) is 59.5 Å². The van der Waals surface area contributed by atoms with E-state index in [1.54, 1.807) is 0 Å². The monoisotopic (exact) mass is 281 g/mol. The summed E-state index contributed by atoms with van der Waals surface area (Å²) < 4.78 is 5.76. The maximum atomic E-state index is 9.44. The topological polar surface area (TPSA) is 48.3 Å². The number of piperidine rings is 1. The molecule has 0 aromatic rings. The molecular weight excluding hydrogens is 250 g/mol. The van der Waals surface area contributed by atoms with E-state index in [0.29, 0.717) is 12.1 Å². The van der Waals surface area contributed by atoms with Crippen LogP contribution in [0.15, 0.2) is 0 Å². The third kappa shape index (κ3) is 5.40. The molecular formula is C16H31N3O. The smallest absolute Gasteiger partial charge is 0.105 e. The van der Waals surface area contributed by atoms with Crippen LogP contribution >= 0.6 is 0 Å². The van der Waals surface area contributed by atoms with Crippen LogP contribution in [-0.4, -0.2) is 48.8 Å². The Balaban J connectivity index is 2.51. The molecule has 4 heteroatoms. The largest absolute Gasteiger partial charge is 0.377 e. The predicted octanol–water partition coefficient (Wildman–Crippen LogP) is 2.55. The highest BCUT2D eigenvalue weighted by Gasteiger charge is 2.30. The number of rotatable bonds is 8. The fourth-order valence-corrected chi connectivity index (χ4v) is 3.02. The zero-order valence-corrected chi connectivity index (χ0v) is 13.6. The summed E-state index contributed by atoms with van der Waals surface area (Å²) in [5.74, 6) is 0. The van der Waals surface area contributed by atoms with E-state index in [1.165, 1.54) is 12.8 Å². The third-order valence-electron chi connectivity index (χ3n) is 4.15. The van der Waals surface area contributed by atoms with Gasteiger partial charge in [-0.1, -0.05) is 6.92 Å². The second-order valence-electron chi connectivity index (χ2n) is 6.14. The Bertz CT molecular complexity index is 313. The van der Waals surface area contributed by atoms with Crippen molar-refractivity contribution in [1.82, 2.24) is 10.2 Å². The summed E-state index contributed by atoms with van der Waals surface area (Å²) in [7, 11) is 0. The lowest BCUT2D eigenvalue weighted by atomic mass is 9.93. The van der Waals surface area contributed by atoms with Crippen molar-refractivity contribution in [1.29, 1.82) is 5.26 Å². The lowest BCUT2D eigenvalue weighted by Crippen LogP contribution is -2.50. The van der Waals surface area contributed by atoms with Crippen molar-refractivity contribution in [2.45, 2.75) is 71.1 Å². The standard InChI is InChI=1S/C16H31N3O/c1-5-9-18-16(4,13-17)11-14(3)19-10-7-8-15(12-19)20-6-2/h14-15,18H,5-12H2,1-4H3. The Hall–Kier alpha value is -0.630. The van der Waals surface area contributed by atoms with Crippen LogP contribution in [-0.2, 0) is 4.74 Å². The SMILES string of the molecule is CCCNC(C)(C#N)CC(C)N1CCCC(OCC)C1. The number of likely N-dealkylation sites (tertiary alicyclic amines) is 1. The zero-order chi connectivity index (χ0) is 15.0. The molecule has 1 aliphatic rings. The summed E-state index contributed by atoms with van der Waals surface area (Å²) in [5, 5.41) is 12.8. The Kier molecular flexibility index (Phi) is 7.50. The van der Waals surface area contributed by atoms with Gasteiger partial charge in [0.05, 0.1) is 12.2 Å². The molecule has 0 saturated carbocycles. The van der Waals surface area contributed by atoms with Crippen molar-refractivity contribution < 1.29 is 4.74 Å². The Morgan fingerprint density at radius 2 is 2.25 bits per heavy atom. The first-order valence-corrected chi connectivity index (χ1v) is 8.06. The van der Waals surface area contributed by atoms with E-state index in [4.69, 9.17) is 4.74 Å². The molecule has 0 aliphatic carbocycles. The molecule has 116 valence electrons.